The molecule has 0 atom stereocenters. The largest absolute Gasteiger partial charge is 1.00 e. The Morgan fingerprint density at radius 1 is 1.50 bits per heavy atom. The summed E-state index contributed by atoms with van der Waals surface area (Å²) in [6.07, 6.45) is 0.750. The van der Waals surface area contributed by atoms with Crippen molar-refractivity contribution in [2.24, 2.45) is 0 Å². The standard InChI is InChI=1S/C2H4O.CH3.Rb.V/c1-2-3;;;/h2H,1H3;1H3;;/q;-1;+1;. The van der Waals surface area contributed by atoms with Crippen LogP contribution < -0.4 is 58.2 Å². The molecule has 31 valence electrons. The second kappa shape index (κ2) is 27.7. The minimum atomic E-state index is 0. The zero-order valence-corrected chi connectivity index (χ0v) is 10.7. The Bertz CT molecular complexity index is 18.3. The van der Waals surface area contributed by atoms with Crippen molar-refractivity contribution in [3.05, 3.63) is 7.43 Å². The van der Waals surface area contributed by atoms with Crippen LogP contribution in [0.5, 0.6) is 0 Å². The van der Waals surface area contributed by atoms with Crippen molar-refractivity contribution < 1.29 is 81.5 Å². The quantitative estimate of drug-likeness (QED) is 0.313. The molecule has 0 aromatic heterocycles. The van der Waals surface area contributed by atoms with E-state index in [9.17, 15) is 0 Å². The van der Waals surface area contributed by atoms with Crippen LogP contribution >= 0.6 is 0 Å². The molecule has 0 rings (SSSR count). The molecule has 0 spiro atoms. The summed E-state index contributed by atoms with van der Waals surface area (Å²) in [7, 11) is 0. The molecular formula is C3H7ORbV. The van der Waals surface area contributed by atoms with Crippen molar-refractivity contribution in [1.82, 2.24) is 0 Å². The smallest absolute Gasteiger partial charge is 0.358 e. The van der Waals surface area contributed by atoms with Gasteiger partial charge in [0.25, 0.3) is 0 Å². The maximum Gasteiger partial charge on any atom is 1.00 e. The van der Waals surface area contributed by atoms with Gasteiger partial charge in [0.15, 0.2) is 0 Å². The zero-order valence-electron chi connectivity index (χ0n) is 4.43. The Morgan fingerprint density at radius 2 is 1.50 bits per heavy atom. The van der Waals surface area contributed by atoms with Gasteiger partial charge in [-0.25, -0.2) is 0 Å². The molecule has 0 saturated heterocycles. The molecule has 0 saturated carbocycles. The molecule has 0 unspecified atom stereocenters. The predicted octanol–water partition coefficient (Wildman–Crippen LogP) is -2.34. The fourth-order valence-corrected chi connectivity index (χ4v) is 0. The van der Waals surface area contributed by atoms with Crippen LogP contribution in [0.25, 0.3) is 0 Å². The normalized spacial score (nSPS) is 2.17. The maximum absolute atomic E-state index is 8.81. The fourth-order valence-electron chi connectivity index (χ4n) is 0. The van der Waals surface area contributed by atoms with E-state index in [-0.39, 0.29) is 84.2 Å². The third-order valence-electron chi connectivity index (χ3n) is 0. The van der Waals surface area contributed by atoms with Gasteiger partial charge in [-0.15, -0.1) is 0 Å². The first-order chi connectivity index (χ1) is 1.41. The minimum Gasteiger partial charge on any atom is -0.358 e. The molecule has 0 aromatic carbocycles. The molecular weight excluding hydrogens is 188 g/mol. The third-order valence-corrected chi connectivity index (χ3v) is 0. The third kappa shape index (κ3) is 36.6. The Balaban J connectivity index is -0.00000000667. The van der Waals surface area contributed by atoms with Crippen LogP contribution in [0.15, 0.2) is 0 Å². The average Bonchev–Trinajstić information content (AvgIpc) is 0.918. The van der Waals surface area contributed by atoms with E-state index < -0.39 is 0 Å². The Morgan fingerprint density at radius 3 is 1.50 bits per heavy atom. The van der Waals surface area contributed by atoms with Crippen LogP contribution in [0.4, 0.5) is 0 Å². The van der Waals surface area contributed by atoms with Gasteiger partial charge in [0, 0.05) is 18.6 Å². The fraction of sp³-hybridized carbons (Fsp3) is 0.333. The van der Waals surface area contributed by atoms with Gasteiger partial charge in [-0.2, -0.15) is 0 Å². The van der Waals surface area contributed by atoms with E-state index in [4.69, 9.17) is 4.79 Å². The van der Waals surface area contributed by atoms with Gasteiger partial charge in [0.1, 0.15) is 6.29 Å². The summed E-state index contributed by atoms with van der Waals surface area (Å²) in [5, 5.41) is 0. The van der Waals surface area contributed by atoms with Gasteiger partial charge in [-0.3, -0.25) is 0 Å². The summed E-state index contributed by atoms with van der Waals surface area (Å²) in [5.74, 6) is 0. The molecule has 0 aliphatic carbocycles. The molecule has 0 aliphatic heterocycles. The molecule has 1 nitrogen and oxygen atoms in total. The van der Waals surface area contributed by atoms with E-state index in [0.29, 0.717) is 0 Å². The summed E-state index contributed by atoms with van der Waals surface area (Å²) in [6, 6.07) is 0. The molecule has 0 amide bonds. The van der Waals surface area contributed by atoms with Gasteiger partial charge in [-0.1, -0.05) is 0 Å². The Labute approximate surface area is 99.9 Å². The van der Waals surface area contributed by atoms with Crippen molar-refractivity contribution >= 4 is 6.29 Å². The van der Waals surface area contributed by atoms with Gasteiger partial charge in [-0.05, 0) is 6.92 Å². The first-order valence-electron chi connectivity index (χ1n) is 0.813. The van der Waals surface area contributed by atoms with Crippen molar-refractivity contribution in [1.29, 1.82) is 0 Å². The monoisotopic (exact) mass is 195 g/mol. The second-order valence-electron chi connectivity index (χ2n) is 0.236. The van der Waals surface area contributed by atoms with Crippen molar-refractivity contribution in [2.75, 3.05) is 0 Å². The molecule has 0 aromatic rings. The number of aldehydes is 1. The van der Waals surface area contributed by atoms with Gasteiger partial charge >= 0.3 is 58.2 Å². The van der Waals surface area contributed by atoms with Crippen molar-refractivity contribution in [2.45, 2.75) is 6.92 Å². The Kier molecular flexibility index (Phi) is 112. The van der Waals surface area contributed by atoms with Gasteiger partial charge in [0.05, 0.1) is 0 Å². The second-order valence-corrected chi connectivity index (χ2v) is 0.236. The summed E-state index contributed by atoms with van der Waals surface area (Å²) < 4.78 is 0. The molecule has 0 bridgehead atoms. The molecule has 0 aliphatic rings. The number of carbonyl (C=O) groups excluding carboxylic acids is 1. The van der Waals surface area contributed by atoms with Crippen LogP contribution in [0, 0.1) is 7.43 Å². The van der Waals surface area contributed by atoms with E-state index >= 15 is 0 Å². The summed E-state index contributed by atoms with van der Waals surface area (Å²) in [5.41, 5.74) is 0. The number of hydrogen-bond donors (Lipinski definition) is 0. The van der Waals surface area contributed by atoms with Crippen molar-refractivity contribution in [3.8, 4) is 0 Å². The minimum absolute atomic E-state index is 0. The first kappa shape index (κ1) is 24.4. The van der Waals surface area contributed by atoms with Crippen molar-refractivity contribution in [3.63, 3.8) is 0 Å². The average molecular weight is 196 g/mol. The van der Waals surface area contributed by atoms with Crippen LogP contribution in [0.1, 0.15) is 6.92 Å². The first-order valence-corrected chi connectivity index (χ1v) is 0.813. The summed E-state index contributed by atoms with van der Waals surface area (Å²) >= 11 is 0. The Hall–Kier alpha value is 2.06. The van der Waals surface area contributed by atoms with E-state index in [1.54, 1.807) is 0 Å². The van der Waals surface area contributed by atoms with Gasteiger partial charge in [0.2, 0.25) is 0 Å². The van der Waals surface area contributed by atoms with E-state index in [2.05, 4.69) is 0 Å². The zero-order chi connectivity index (χ0) is 2.71. The van der Waals surface area contributed by atoms with E-state index in [1.165, 1.54) is 6.92 Å². The number of rotatable bonds is 0. The van der Waals surface area contributed by atoms with E-state index in [0.717, 1.165) is 6.29 Å². The van der Waals surface area contributed by atoms with Crippen LogP contribution in [0.2, 0.25) is 0 Å². The molecule has 0 heterocycles. The van der Waals surface area contributed by atoms with Crippen LogP contribution in [0.3, 0.4) is 0 Å². The number of hydrogen-bond acceptors (Lipinski definition) is 1. The molecule has 3 heteroatoms. The molecule has 6 heavy (non-hydrogen) atoms. The summed E-state index contributed by atoms with van der Waals surface area (Å²) in [6.45, 7) is 1.44. The SMILES string of the molecule is CC=O.[CH3-].[Rb+].[V]. The number of carbonyl (C=O) groups is 1. The molecule has 1 radical (unpaired) electrons. The van der Waals surface area contributed by atoms with Crippen LogP contribution in [-0.2, 0) is 23.4 Å². The maximum atomic E-state index is 8.81. The van der Waals surface area contributed by atoms with Gasteiger partial charge < -0.3 is 12.2 Å². The summed E-state index contributed by atoms with van der Waals surface area (Å²) in [4.78, 5) is 8.81. The predicted molar refractivity (Wildman–Crippen MR) is 18.2 cm³/mol. The molecule has 0 N–H and O–H groups in total. The van der Waals surface area contributed by atoms with E-state index in [1.807, 2.05) is 0 Å². The molecule has 0 fully saturated rings. The van der Waals surface area contributed by atoms with Crippen LogP contribution in [-0.4, -0.2) is 6.29 Å². The topological polar surface area (TPSA) is 17.1 Å².